The minimum Gasteiger partial charge on any atom is -0.444 e. The van der Waals surface area contributed by atoms with Crippen LogP contribution in [0.15, 0.2) is 30.3 Å². The van der Waals surface area contributed by atoms with Crippen molar-refractivity contribution in [3.05, 3.63) is 40.9 Å². The summed E-state index contributed by atoms with van der Waals surface area (Å²) in [7, 11) is 0. The van der Waals surface area contributed by atoms with Crippen LogP contribution in [0, 0.1) is 0 Å². The predicted octanol–water partition coefficient (Wildman–Crippen LogP) is 4.75. The molecule has 0 aliphatic carbocycles. The summed E-state index contributed by atoms with van der Waals surface area (Å²) in [5.74, 6) is 0. The normalized spacial score (nSPS) is 19.2. The predicted molar refractivity (Wildman–Crippen MR) is 86.4 cm³/mol. The van der Waals surface area contributed by atoms with Gasteiger partial charge in [0.1, 0.15) is 5.60 Å². The lowest BCUT2D eigenvalue weighted by Gasteiger charge is -2.27. The van der Waals surface area contributed by atoms with Crippen LogP contribution < -0.4 is 0 Å². The van der Waals surface area contributed by atoms with Crippen LogP contribution in [0.5, 0.6) is 0 Å². The summed E-state index contributed by atoms with van der Waals surface area (Å²) in [6.07, 6.45) is 5.81. The van der Waals surface area contributed by atoms with Crippen molar-refractivity contribution < 1.29 is 9.53 Å². The summed E-state index contributed by atoms with van der Waals surface area (Å²) in [5.41, 5.74) is 0.583. The van der Waals surface area contributed by atoms with Crippen molar-refractivity contribution in [3.63, 3.8) is 0 Å². The van der Waals surface area contributed by atoms with E-state index in [1.807, 2.05) is 51.1 Å². The number of hydrogen-bond donors (Lipinski definition) is 0. The molecule has 1 amide bonds. The number of carbonyl (C=O) groups is 1. The lowest BCUT2D eigenvalue weighted by atomic mass is 10.1. The summed E-state index contributed by atoms with van der Waals surface area (Å²) < 4.78 is 5.46. The average molecular weight is 308 g/mol. The number of hydrogen-bond acceptors (Lipinski definition) is 2. The third-order valence-electron chi connectivity index (χ3n) is 3.29. The van der Waals surface area contributed by atoms with Gasteiger partial charge >= 0.3 is 6.09 Å². The summed E-state index contributed by atoms with van der Waals surface area (Å²) >= 11 is 5.97. The Morgan fingerprint density at radius 1 is 1.43 bits per heavy atom. The molecule has 1 aliphatic rings. The van der Waals surface area contributed by atoms with Gasteiger partial charge < -0.3 is 9.64 Å². The average Bonchev–Trinajstić information content (AvgIpc) is 2.83. The molecule has 4 heteroatoms. The van der Waals surface area contributed by atoms with Gasteiger partial charge in [-0.05, 0) is 51.3 Å². The molecule has 1 saturated heterocycles. The molecule has 0 aromatic heterocycles. The Labute approximate surface area is 131 Å². The third-order valence-corrected chi connectivity index (χ3v) is 3.52. The molecule has 1 aliphatic heterocycles. The molecule has 0 spiro atoms. The van der Waals surface area contributed by atoms with E-state index in [1.165, 1.54) is 0 Å². The Hall–Kier alpha value is -1.48. The Kier molecular flexibility index (Phi) is 4.94. The van der Waals surface area contributed by atoms with Crippen molar-refractivity contribution in [2.75, 3.05) is 6.54 Å². The molecule has 3 nitrogen and oxygen atoms in total. The van der Waals surface area contributed by atoms with Crippen LogP contribution in [0.1, 0.15) is 39.2 Å². The summed E-state index contributed by atoms with van der Waals surface area (Å²) in [6.45, 7) is 6.41. The molecule has 2 rings (SSSR count). The smallest absolute Gasteiger partial charge is 0.410 e. The van der Waals surface area contributed by atoms with Gasteiger partial charge in [0.2, 0.25) is 0 Å². The number of carbonyl (C=O) groups excluding carboxylic acids is 1. The van der Waals surface area contributed by atoms with Gasteiger partial charge in [-0.25, -0.2) is 4.79 Å². The first-order valence-corrected chi connectivity index (χ1v) is 7.66. The van der Waals surface area contributed by atoms with Gasteiger partial charge in [-0.2, -0.15) is 0 Å². The van der Waals surface area contributed by atoms with Gasteiger partial charge in [-0.15, -0.1) is 0 Å². The number of benzene rings is 1. The first-order valence-electron chi connectivity index (χ1n) is 7.28. The molecule has 21 heavy (non-hydrogen) atoms. The molecular formula is C17H22ClNO2. The Balaban J connectivity index is 2.03. The van der Waals surface area contributed by atoms with Gasteiger partial charge in [-0.1, -0.05) is 35.9 Å². The number of rotatable bonds is 2. The summed E-state index contributed by atoms with van der Waals surface area (Å²) in [4.78, 5) is 14.0. The fraction of sp³-hybridized carbons (Fsp3) is 0.471. The van der Waals surface area contributed by atoms with Crippen LogP contribution in [-0.4, -0.2) is 29.2 Å². The first kappa shape index (κ1) is 15.9. The topological polar surface area (TPSA) is 29.5 Å². The molecule has 1 aromatic rings. The van der Waals surface area contributed by atoms with Crippen LogP contribution in [0.3, 0.4) is 0 Å². The third kappa shape index (κ3) is 4.78. The fourth-order valence-corrected chi connectivity index (χ4v) is 2.57. The quantitative estimate of drug-likeness (QED) is 0.789. The van der Waals surface area contributed by atoms with Crippen molar-refractivity contribution >= 4 is 23.8 Å². The van der Waals surface area contributed by atoms with Crippen molar-refractivity contribution in [2.24, 2.45) is 0 Å². The highest BCUT2D eigenvalue weighted by atomic mass is 35.5. The van der Waals surface area contributed by atoms with E-state index in [4.69, 9.17) is 16.3 Å². The highest BCUT2D eigenvalue weighted by Crippen LogP contribution is 2.22. The molecule has 1 fully saturated rings. The Morgan fingerprint density at radius 3 is 2.86 bits per heavy atom. The van der Waals surface area contributed by atoms with Crippen LogP contribution >= 0.6 is 11.6 Å². The minimum absolute atomic E-state index is 0.0961. The molecule has 0 N–H and O–H groups in total. The second-order valence-electron chi connectivity index (χ2n) is 6.30. The number of likely N-dealkylation sites (tertiary alicyclic amines) is 1. The number of nitrogens with zero attached hydrogens (tertiary/aromatic N) is 1. The number of halogens is 1. The van der Waals surface area contributed by atoms with E-state index in [9.17, 15) is 4.79 Å². The van der Waals surface area contributed by atoms with E-state index < -0.39 is 5.60 Å². The maximum atomic E-state index is 12.2. The van der Waals surface area contributed by atoms with Crippen LogP contribution in [0.4, 0.5) is 4.79 Å². The SMILES string of the molecule is CC(C)(C)OC(=O)N1CCCC1C=Cc1cccc(Cl)c1. The van der Waals surface area contributed by atoms with E-state index in [0.29, 0.717) is 5.02 Å². The molecule has 114 valence electrons. The lowest BCUT2D eigenvalue weighted by Crippen LogP contribution is -2.39. The van der Waals surface area contributed by atoms with Crippen molar-refractivity contribution in [1.29, 1.82) is 0 Å². The second kappa shape index (κ2) is 6.52. The zero-order valence-electron chi connectivity index (χ0n) is 12.8. The summed E-state index contributed by atoms with van der Waals surface area (Å²) in [6, 6.07) is 7.77. The zero-order chi connectivity index (χ0) is 15.5. The van der Waals surface area contributed by atoms with Gasteiger partial charge in [0.05, 0.1) is 6.04 Å². The molecule has 0 saturated carbocycles. The van der Waals surface area contributed by atoms with Crippen LogP contribution in [0.2, 0.25) is 5.02 Å². The molecule has 0 bridgehead atoms. The maximum Gasteiger partial charge on any atom is 0.410 e. The van der Waals surface area contributed by atoms with Gasteiger partial charge in [0, 0.05) is 11.6 Å². The number of amides is 1. The summed E-state index contributed by atoms with van der Waals surface area (Å²) in [5, 5.41) is 0.715. The monoisotopic (exact) mass is 307 g/mol. The Morgan fingerprint density at radius 2 is 2.19 bits per heavy atom. The Bertz CT molecular complexity index is 534. The molecule has 1 unspecified atom stereocenters. The van der Waals surface area contributed by atoms with Gasteiger partial charge in [0.25, 0.3) is 0 Å². The van der Waals surface area contributed by atoms with E-state index in [2.05, 4.69) is 6.08 Å². The molecular weight excluding hydrogens is 286 g/mol. The van der Waals surface area contributed by atoms with E-state index in [0.717, 1.165) is 24.9 Å². The maximum absolute atomic E-state index is 12.2. The van der Waals surface area contributed by atoms with Gasteiger partial charge in [0.15, 0.2) is 0 Å². The van der Waals surface area contributed by atoms with Crippen molar-refractivity contribution in [3.8, 4) is 0 Å². The van der Waals surface area contributed by atoms with E-state index >= 15 is 0 Å². The van der Waals surface area contributed by atoms with E-state index in [-0.39, 0.29) is 12.1 Å². The van der Waals surface area contributed by atoms with Crippen LogP contribution in [-0.2, 0) is 4.74 Å². The lowest BCUT2D eigenvalue weighted by molar-refractivity contribution is 0.0256. The molecule has 1 atom stereocenters. The standard InChI is InChI=1S/C17H22ClNO2/c1-17(2,3)21-16(20)19-11-5-8-15(19)10-9-13-6-4-7-14(18)12-13/h4,6-7,9-10,12,15H,5,8,11H2,1-3H3. The highest BCUT2D eigenvalue weighted by molar-refractivity contribution is 6.30. The van der Waals surface area contributed by atoms with Crippen LogP contribution in [0.25, 0.3) is 6.08 Å². The van der Waals surface area contributed by atoms with Crippen molar-refractivity contribution in [1.82, 2.24) is 4.90 Å². The highest BCUT2D eigenvalue weighted by Gasteiger charge is 2.30. The molecule has 0 radical (unpaired) electrons. The fourth-order valence-electron chi connectivity index (χ4n) is 2.37. The first-order chi connectivity index (χ1) is 9.85. The number of ether oxygens (including phenoxy) is 1. The van der Waals surface area contributed by atoms with Gasteiger partial charge in [-0.3, -0.25) is 0 Å². The van der Waals surface area contributed by atoms with E-state index in [1.54, 1.807) is 4.90 Å². The van der Waals surface area contributed by atoms with Crippen molar-refractivity contribution in [2.45, 2.75) is 45.3 Å². The molecule has 1 heterocycles. The largest absolute Gasteiger partial charge is 0.444 e. The molecule has 1 aromatic carbocycles. The zero-order valence-corrected chi connectivity index (χ0v) is 13.6. The minimum atomic E-state index is -0.457. The second-order valence-corrected chi connectivity index (χ2v) is 6.73.